The third-order valence-electron chi connectivity index (χ3n) is 10.6. The van der Waals surface area contributed by atoms with E-state index in [-0.39, 0.29) is 36.1 Å². The summed E-state index contributed by atoms with van der Waals surface area (Å²) >= 11 is 0. The number of methoxy groups -OCH3 is 1. The summed E-state index contributed by atoms with van der Waals surface area (Å²) in [6, 6.07) is 19.5. The Bertz CT molecular complexity index is 1900. The Hall–Kier alpha value is -5.14. The second-order valence-corrected chi connectivity index (χ2v) is 13.8. The fraction of sp³-hybridized carbons (Fsp3) is 0.415. The van der Waals surface area contributed by atoms with E-state index in [0.29, 0.717) is 54.0 Å². The van der Waals surface area contributed by atoms with E-state index in [1.807, 2.05) is 55.5 Å². The number of imide groups is 2. The van der Waals surface area contributed by atoms with E-state index in [0.717, 1.165) is 74.2 Å². The summed E-state index contributed by atoms with van der Waals surface area (Å²) in [5.74, 6) is 7.10. The number of anilines is 1. The Labute approximate surface area is 299 Å². The lowest BCUT2D eigenvalue weighted by atomic mass is 9.89. The molecule has 3 fully saturated rings. The average Bonchev–Trinajstić information content (AvgIpc) is 3.38. The molecule has 4 amide bonds. The molecule has 264 valence electrons. The molecule has 3 aromatic rings. The van der Waals surface area contributed by atoms with Crippen molar-refractivity contribution in [3.05, 3.63) is 88.5 Å². The summed E-state index contributed by atoms with van der Waals surface area (Å²) in [5, 5.41) is 2.45. The van der Waals surface area contributed by atoms with Gasteiger partial charge in [0.05, 0.1) is 37.3 Å². The van der Waals surface area contributed by atoms with E-state index < -0.39 is 0 Å². The topological polar surface area (TPSA) is 108 Å². The third kappa shape index (κ3) is 7.35. The lowest BCUT2D eigenvalue weighted by molar-refractivity contribution is -0.134. The molecule has 1 atom stereocenters. The van der Waals surface area contributed by atoms with Crippen LogP contribution in [0.25, 0.3) is 0 Å². The number of amides is 4. The van der Waals surface area contributed by atoms with Crippen molar-refractivity contribution in [2.45, 2.75) is 64.0 Å². The zero-order valence-corrected chi connectivity index (χ0v) is 29.3. The van der Waals surface area contributed by atoms with Crippen LogP contribution >= 0.6 is 0 Å². The molecular formula is C41H44N4O6. The largest absolute Gasteiger partial charge is 0.493 e. The monoisotopic (exact) mass is 688 g/mol. The molecule has 0 aromatic heterocycles. The molecule has 0 spiro atoms. The van der Waals surface area contributed by atoms with Gasteiger partial charge in [0.2, 0.25) is 11.8 Å². The average molecular weight is 689 g/mol. The third-order valence-corrected chi connectivity index (χ3v) is 10.6. The molecule has 1 unspecified atom stereocenters. The van der Waals surface area contributed by atoms with Gasteiger partial charge >= 0.3 is 0 Å². The van der Waals surface area contributed by atoms with Crippen LogP contribution < -0.4 is 19.7 Å². The van der Waals surface area contributed by atoms with E-state index in [1.165, 1.54) is 4.90 Å². The quantitative estimate of drug-likeness (QED) is 0.256. The molecular weight excluding hydrogens is 644 g/mol. The molecule has 3 aromatic carbocycles. The van der Waals surface area contributed by atoms with E-state index >= 15 is 0 Å². The number of fused-ring (bicyclic) bond motifs is 1. The zero-order chi connectivity index (χ0) is 35.5. The van der Waals surface area contributed by atoms with Crippen LogP contribution in [0.5, 0.6) is 11.5 Å². The van der Waals surface area contributed by atoms with Gasteiger partial charge in [0.25, 0.3) is 11.8 Å². The Morgan fingerprint density at radius 1 is 0.824 bits per heavy atom. The number of benzene rings is 3. The van der Waals surface area contributed by atoms with E-state index in [2.05, 4.69) is 27.0 Å². The Morgan fingerprint density at radius 3 is 2.35 bits per heavy atom. The van der Waals surface area contributed by atoms with Crippen molar-refractivity contribution in [2.24, 2.45) is 5.92 Å². The van der Waals surface area contributed by atoms with Gasteiger partial charge in [-0.1, -0.05) is 30.0 Å². The Kier molecular flexibility index (Phi) is 10.1. The van der Waals surface area contributed by atoms with Gasteiger partial charge in [0, 0.05) is 42.7 Å². The van der Waals surface area contributed by atoms with Crippen molar-refractivity contribution >= 4 is 29.3 Å². The Balaban J connectivity index is 0.910. The highest BCUT2D eigenvalue weighted by Gasteiger charge is 2.37. The van der Waals surface area contributed by atoms with Crippen molar-refractivity contribution < 1.29 is 28.7 Å². The minimum atomic E-state index is -0.301. The predicted molar refractivity (Wildman–Crippen MR) is 193 cm³/mol. The molecule has 0 saturated carbocycles. The minimum Gasteiger partial charge on any atom is -0.493 e. The summed E-state index contributed by atoms with van der Waals surface area (Å²) < 4.78 is 11.1. The van der Waals surface area contributed by atoms with Crippen molar-refractivity contribution in [3.63, 3.8) is 0 Å². The summed E-state index contributed by atoms with van der Waals surface area (Å²) in [4.78, 5) is 56.9. The first-order chi connectivity index (χ1) is 24.8. The maximum Gasteiger partial charge on any atom is 0.261 e. The van der Waals surface area contributed by atoms with E-state index in [1.54, 1.807) is 19.2 Å². The minimum absolute atomic E-state index is 0.164. The van der Waals surface area contributed by atoms with Crippen molar-refractivity contribution in [1.82, 2.24) is 15.1 Å². The number of rotatable bonds is 8. The SMILES string of the molecule is CCOc1cc(CN2C(=O)c3ccc(N4CCC(N5CCC(C#Cc6cccc(C7CCC(=O)NC7=O)c6)CC5)CC4)cc3C2=O)ccc1OC. The van der Waals surface area contributed by atoms with Gasteiger partial charge in [-0.05, 0) is 106 Å². The highest BCUT2D eigenvalue weighted by atomic mass is 16.5. The van der Waals surface area contributed by atoms with Crippen molar-refractivity contribution in [3.8, 4) is 23.3 Å². The first-order valence-corrected chi connectivity index (χ1v) is 18.1. The molecule has 7 rings (SSSR count). The molecule has 3 saturated heterocycles. The number of ether oxygens (including phenoxy) is 2. The summed E-state index contributed by atoms with van der Waals surface area (Å²) in [6.45, 7) is 6.37. The second-order valence-electron chi connectivity index (χ2n) is 13.8. The van der Waals surface area contributed by atoms with Crippen LogP contribution in [-0.4, -0.2) is 79.4 Å². The van der Waals surface area contributed by atoms with Crippen LogP contribution in [0.1, 0.15) is 88.8 Å². The van der Waals surface area contributed by atoms with Crippen molar-refractivity contribution in [2.75, 3.05) is 44.8 Å². The van der Waals surface area contributed by atoms with Gasteiger partial charge in [0.1, 0.15) is 0 Å². The summed E-state index contributed by atoms with van der Waals surface area (Å²) in [5.41, 5.74) is 4.51. The molecule has 10 nitrogen and oxygen atoms in total. The number of nitrogens with one attached hydrogen (secondary N) is 1. The molecule has 0 radical (unpaired) electrons. The van der Waals surface area contributed by atoms with Crippen LogP contribution in [0.4, 0.5) is 5.69 Å². The molecule has 4 heterocycles. The Morgan fingerprint density at radius 2 is 1.61 bits per heavy atom. The number of carbonyl (C=O) groups excluding carboxylic acids is 4. The van der Waals surface area contributed by atoms with Crippen LogP contribution in [-0.2, 0) is 16.1 Å². The first-order valence-electron chi connectivity index (χ1n) is 18.1. The zero-order valence-electron chi connectivity index (χ0n) is 29.3. The van der Waals surface area contributed by atoms with Crippen LogP contribution in [0.15, 0.2) is 60.7 Å². The van der Waals surface area contributed by atoms with E-state index in [4.69, 9.17) is 9.47 Å². The number of hydrogen-bond acceptors (Lipinski definition) is 8. The fourth-order valence-corrected chi connectivity index (χ4v) is 7.82. The van der Waals surface area contributed by atoms with Gasteiger partial charge in [-0.2, -0.15) is 0 Å². The van der Waals surface area contributed by atoms with Gasteiger partial charge < -0.3 is 19.3 Å². The second kappa shape index (κ2) is 15.0. The molecule has 51 heavy (non-hydrogen) atoms. The highest BCUT2D eigenvalue weighted by molar-refractivity contribution is 6.21. The van der Waals surface area contributed by atoms with Crippen LogP contribution in [0.3, 0.4) is 0 Å². The molecule has 0 bridgehead atoms. The van der Waals surface area contributed by atoms with Gasteiger partial charge in [-0.25, -0.2) is 0 Å². The van der Waals surface area contributed by atoms with Gasteiger partial charge in [0.15, 0.2) is 11.5 Å². The molecule has 4 aliphatic rings. The summed E-state index contributed by atoms with van der Waals surface area (Å²) in [6.07, 6.45) is 5.04. The number of carbonyl (C=O) groups is 4. The summed E-state index contributed by atoms with van der Waals surface area (Å²) in [7, 11) is 1.58. The van der Waals surface area contributed by atoms with Crippen molar-refractivity contribution in [1.29, 1.82) is 0 Å². The smallest absolute Gasteiger partial charge is 0.261 e. The van der Waals surface area contributed by atoms with Gasteiger partial charge in [-0.3, -0.25) is 29.4 Å². The molecule has 10 heteroatoms. The molecule has 0 aliphatic carbocycles. The molecule has 4 aliphatic heterocycles. The number of piperidine rings is 3. The fourth-order valence-electron chi connectivity index (χ4n) is 7.82. The predicted octanol–water partition coefficient (Wildman–Crippen LogP) is 5.14. The lowest BCUT2D eigenvalue weighted by Crippen LogP contribution is -2.47. The number of hydrogen-bond donors (Lipinski definition) is 1. The normalized spacial score (nSPS) is 20.2. The first kappa shape index (κ1) is 34.3. The van der Waals surface area contributed by atoms with Crippen LogP contribution in [0.2, 0.25) is 0 Å². The highest BCUT2D eigenvalue weighted by Crippen LogP contribution is 2.33. The molecule has 1 N–H and O–H groups in total. The lowest BCUT2D eigenvalue weighted by Gasteiger charge is -2.42. The van der Waals surface area contributed by atoms with Gasteiger partial charge in [-0.15, -0.1) is 0 Å². The number of likely N-dealkylation sites (tertiary alicyclic amines) is 1. The maximum atomic E-state index is 13.5. The maximum absolute atomic E-state index is 13.5. The number of nitrogens with zero attached hydrogens (tertiary/aromatic N) is 3. The van der Waals surface area contributed by atoms with Crippen LogP contribution in [0, 0.1) is 17.8 Å². The van der Waals surface area contributed by atoms with E-state index in [9.17, 15) is 19.2 Å². The standard InChI is InChI=1S/C41H44N4O6/c1-3-51-37-24-29(9-13-36(37)50-2)26-45-40(48)34-11-10-32(25-35(34)41(45)49)44-21-17-31(18-22-44)43-19-15-27(16-20-43)7-8-28-5-4-6-30(23-28)33-12-14-38(46)42-39(33)47/h4-6,9-11,13,23-25,27,31,33H,3,12,14-22,26H2,1-2H3,(H,42,46,47).